The van der Waals surface area contributed by atoms with Crippen molar-refractivity contribution in [3.05, 3.63) is 76.9 Å². The molecule has 2 amide bonds. The summed E-state index contributed by atoms with van der Waals surface area (Å²) in [6, 6.07) is 15.6. The predicted molar refractivity (Wildman–Crippen MR) is 132 cm³/mol. The Kier molecular flexibility index (Phi) is 8.32. The first-order valence-corrected chi connectivity index (χ1v) is 11.8. The molecule has 2 aromatic carbocycles. The fourth-order valence-corrected chi connectivity index (χ4v) is 4.15. The van der Waals surface area contributed by atoms with Crippen LogP contribution >= 0.6 is 0 Å². The van der Waals surface area contributed by atoms with Crippen LogP contribution in [0.5, 0.6) is 5.75 Å². The largest absolute Gasteiger partial charge is 0.497 e. The molecule has 1 fully saturated rings. The lowest BCUT2D eigenvalue weighted by molar-refractivity contribution is -0.139. The van der Waals surface area contributed by atoms with Gasteiger partial charge in [0.2, 0.25) is 5.91 Å². The molecule has 1 aliphatic heterocycles. The lowest BCUT2D eigenvalue weighted by atomic mass is 9.99. The molecule has 5 heteroatoms. The smallest absolute Gasteiger partial charge is 0.254 e. The molecule has 3 rings (SSSR count). The maximum atomic E-state index is 13.2. The number of hydrogen-bond donors (Lipinski definition) is 0. The summed E-state index contributed by atoms with van der Waals surface area (Å²) in [5.41, 5.74) is 4.28. The SMILES string of the molecule is C/C=C(\C)CC[C@H]1CN(C(=O)c2ccc(OC)cc2)CC(=O)N1Cc1ccc(C(C)C)cc1. The quantitative estimate of drug-likeness (QED) is 0.507. The summed E-state index contributed by atoms with van der Waals surface area (Å²) in [7, 11) is 1.60. The zero-order valence-corrected chi connectivity index (χ0v) is 20.5. The summed E-state index contributed by atoms with van der Waals surface area (Å²) >= 11 is 0. The van der Waals surface area contributed by atoms with E-state index in [4.69, 9.17) is 4.74 Å². The first-order valence-electron chi connectivity index (χ1n) is 11.8. The van der Waals surface area contributed by atoms with Gasteiger partial charge in [-0.25, -0.2) is 0 Å². The maximum Gasteiger partial charge on any atom is 0.254 e. The van der Waals surface area contributed by atoms with Crippen LogP contribution in [0.3, 0.4) is 0 Å². The van der Waals surface area contributed by atoms with E-state index in [-0.39, 0.29) is 24.4 Å². The molecule has 0 spiro atoms. The standard InChI is InChI=1S/C28H36N2O3/c1-6-21(4)7-14-25-18-29(28(32)24-12-15-26(33-5)16-13-24)19-27(31)30(25)17-22-8-10-23(11-9-22)20(2)3/h6,8-13,15-16,20,25H,7,14,17-19H2,1-5H3/b21-6+/t25-/m0/s1. The fourth-order valence-electron chi connectivity index (χ4n) is 4.15. The number of benzene rings is 2. The lowest BCUT2D eigenvalue weighted by Gasteiger charge is -2.41. The summed E-state index contributed by atoms with van der Waals surface area (Å²) in [5.74, 6) is 1.07. The summed E-state index contributed by atoms with van der Waals surface area (Å²) in [6.45, 7) is 9.72. The summed E-state index contributed by atoms with van der Waals surface area (Å²) < 4.78 is 5.19. The monoisotopic (exact) mass is 448 g/mol. The van der Waals surface area contributed by atoms with E-state index in [1.165, 1.54) is 11.1 Å². The van der Waals surface area contributed by atoms with Crippen molar-refractivity contribution in [3.8, 4) is 5.75 Å². The fraction of sp³-hybridized carbons (Fsp3) is 0.429. The van der Waals surface area contributed by atoms with Crippen LogP contribution in [-0.2, 0) is 11.3 Å². The Morgan fingerprint density at radius 3 is 2.36 bits per heavy atom. The molecule has 1 atom stereocenters. The minimum absolute atomic E-state index is 0.000760. The zero-order chi connectivity index (χ0) is 24.0. The van der Waals surface area contributed by atoms with E-state index in [1.807, 2.05) is 11.8 Å². The van der Waals surface area contributed by atoms with Crippen LogP contribution < -0.4 is 4.74 Å². The second-order valence-electron chi connectivity index (χ2n) is 9.16. The highest BCUT2D eigenvalue weighted by molar-refractivity contribution is 5.97. The Balaban J connectivity index is 1.78. The average molecular weight is 449 g/mol. The van der Waals surface area contributed by atoms with Gasteiger partial charge in [-0.3, -0.25) is 9.59 Å². The predicted octanol–water partition coefficient (Wildman–Crippen LogP) is 5.42. The van der Waals surface area contributed by atoms with Crippen molar-refractivity contribution < 1.29 is 14.3 Å². The molecule has 0 N–H and O–H groups in total. The van der Waals surface area contributed by atoms with Gasteiger partial charge in [0, 0.05) is 18.7 Å². The Morgan fingerprint density at radius 1 is 1.12 bits per heavy atom. The Bertz CT molecular complexity index is 977. The van der Waals surface area contributed by atoms with E-state index in [0.29, 0.717) is 30.3 Å². The third-order valence-electron chi connectivity index (χ3n) is 6.51. The lowest BCUT2D eigenvalue weighted by Crippen LogP contribution is -2.57. The van der Waals surface area contributed by atoms with E-state index in [2.05, 4.69) is 51.1 Å². The number of hydrogen-bond acceptors (Lipinski definition) is 3. The van der Waals surface area contributed by atoms with Gasteiger partial charge >= 0.3 is 0 Å². The number of ether oxygens (including phenoxy) is 1. The van der Waals surface area contributed by atoms with E-state index in [1.54, 1.807) is 36.3 Å². The number of piperazine rings is 1. The number of rotatable bonds is 8. The van der Waals surface area contributed by atoms with Crippen LogP contribution in [0.1, 0.15) is 67.9 Å². The van der Waals surface area contributed by atoms with Crippen molar-refractivity contribution in [3.63, 3.8) is 0 Å². The van der Waals surface area contributed by atoms with Crippen LogP contribution in [0, 0.1) is 0 Å². The maximum absolute atomic E-state index is 13.2. The van der Waals surface area contributed by atoms with Gasteiger partial charge in [0.1, 0.15) is 12.3 Å². The molecule has 5 nitrogen and oxygen atoms in total. The molecular weight excluding hydrogens is 412 g/mol. The van der Waals surface area contributed by atoms with Crippen molar-refractivity contribution in [2.24, 2.45) is 0 Å². The van der Waals surface area contributed by atoms with Crippen LogP contribution in [0.4, 0.5) is 0 Å². The zero-order valence-electron chi connectivity index (χ0n) is 20.5. The van der Waals surface area contributed by atoms with Crippen molar-refractivity contribution in [1.29, 1.82) is 0 Å². The number of amides is 2. The van der Waals surface area contributed by atoms with Crippen molar-refractivity contribution >= 4 is 11.8 Å². The molecule has 0 bridgehead atoms. The number of methoxy groups -OCH3 is 1. The first kappa shape index (κ1) is 24.6. The minimum Gasteiger partial charge on any atom is -0.497 e. The molecular formula is C28H36N2O3. The summed E-state index contributed by atoms with van der Waals surface area (Å²) in [5, 5.41) is 0. The Hall–Kier alpha value is -3.08. The van der Waals surface area contributed by atoms with Crippen molar-refractivity contribution in [2.45, 2.75) is 59.0 Å². The van der Waals surface area contributed by atoms with Gasteiger partial charge in [-0.05, 0) is 68.0 Å². The third kappa shape index (κ3) is 6.25. The molecule has 33 heavy (non-hydrogen) atoms. The van der Waals surface area contributed by atoms with Gasteiger partial charge in [-0.15, -0.1) is 0 Å². The van der Waals surface area contributed by atoms with Crippen molar-refractivity contribution in [1.82, 2.24) is 9.80 Å². The van der Waals surface area contributed by atoms with Crippen LogP contribution in [-0.4, -0.2) is 47.9 Å². The Labute approximate surface area is 198 Å². The van der Waals surface area contributed by atoms with E-state index in [0.717, 1.165) is 18.4 Å². The average Bonchev–Trinajstić information content (AvgIpc) is 2.83. The molecule has 1 heterocycles. The second-order valence-corrected chi connectivity index (χ2v) is 9.16. The molecule has 0 unspecified atom stereocenters. The number of allylic oxidation sites excluding steroid dienone is 2. The summed E-state index contributed by atoms with van der Waals surface area (Å²) in [6.07, 6.45) is 3.85. The Morgan fingerprint density at radius 2 is 1.79 bits per heavy atom. The van der Waals surface area contributed by atoms with Gasteiger partial charge in [0.25, 0.3) is 5.91 Å². The second kappa shape index (κ2) is 11.2. The highest BCUT2D eigenvalue weighted by Crippen LogP contribution is 2.24. The molecule has 0 saturated carbocycles. The topological polar surface area (TPSA) is 49.9 Å². The molecule has 0 radical (unpaired) electrons. The van der Waals surface area contributed by atoms with E-state index < -0.39 is 0 Å². The highest BCUT2D eigenvalue weighted by atomic mass is 16.5. The van der Waals surface area contributed by atoms with Gasteiger partial charge in [0.05, 0.1) is 13.2 Å². The highest BCUT2D eigenvalue weighted by Gasteiger charge is 2.34. The van der Waals surface area contributed by atoms with E-state index in [9.17, 15) is 9.59 Å². The summed E-state index contributed by atoms with van der Waals surface area (Å²) in [4.78, 5) is 30.1. The van der Waals surface area contributed by atoms with Crippen molar-refractivity contribution in [2.75, 3.05) is 20.2 Å². The third-order valence-corrected chi connectivity index (χ3v) is 6.51. The van der Waals surface area contributed by atoms with E-state index >= 15 is 0 Å². The molecule has 176 valence electrons. The molecule has 1 aliphatic rings. The molecule has 0 aromatic heterocycles. The first-order chi connectivity index (χ1) is 15.8. The van der Waals surface area contributed by atoms with Gasteiger partial charge in [-0.2, -0.15) is 0 Å². The molecule has 0 aliphatic carbocycles. The molecule has 1 saturated heterocycles. The number of carbonyl (C=O) groups is 2. The minimum atomic E-state index is -0.111. The van der Waals surface area contributed by atoms with Crippen LogP contribution in [0.25, 0.3) is 0 Å². The van der Waals surface area contributed by atoms with Gasteiger partial charge in [-0.1, -0.05) is 49.8 Å². The normalized spacial score (nSPS) is 17.0. The van der Waals surface area contributed by atoms with Gasteiger partial charge in [0.15, 0.2) is 0 Å². The van der Waals surface area contributed by atoms with Crippen LogP contribution in [0.15, 0.2) is 60.2 Å². The molecule has 2 aromatic rings. The van der Waals surface area contributed by atoms with Crippen LogP contribution in [0.2, 0.25) is 0 Å². The number of nitrogens with zero attached hydrogens (tertiary/aromatic N) is 2. The van der Waals surface area contributed by atoms with Gasteiger partial charge < -0.3 is 14.5 Å². The number of carbonyl (C=O) groups excluding carboxylic acids is 2.